The molecule has 0 atom stereocenters. The number of hydrogen-bond acceptors (Lipinski definition) is 1. The van der Waals surface area contributed by atoms with Gasteiger partial charge in [-0.15, -0.1) is 0 Å². The molecule has 2 aromatic carbocycles. The third kappa shape index (κ3) is 3.07. The van der Waals surface area contributed by atoms with Gasteiger partial charge in [-0.2, -0.15) is 0 Å². The zero-order chi connectivity index (χ0) is 19.3. The van der Waals surface area contributed by atoms with E-state index in [0.29, 0.717) is 5.92 Å². The van der Waals surface area contributed by atoms with E-state index in [1.807, 2.05) is 18.2 Å². The molecule has 1 saturated carbocycles. The highest BCUT2D eigenvalue weighted by atomic mass is 35.5. The van der Waals surface area contributed by atoms with Crippen molar-refractivity contribution in [2.45, 2.75) is 32.2 Å². The molecule has 5 rings (SSSR count). The minimum Gasteiger partial charge on any atom is -0.320 e. The summed E-state index contributed by atoms with van der Waals surface area (Å²) in [6.45, 7) is 2.00. The second-order valence-corrected chi connectivity index (χ2v) is 8.60. The molecule has 0 spiro atoms. The lowest BCUT2D eigenvalue weighted by molar-refractivity contribution is 0.312. The maximum absolute atomic E-state index is 13.5. The highest BCUT2D eigenvalue weighted by Crippen LogP contribution is 2.41. The van der Waals surface area contributed by atoms with Gasteiger partial charge in [0.15, 0.2) is 0 Å². The molecule has 28 heavy (non-hydrogen) atoms. The fourth-order valence-electron chi connectivity index (χ4n) is 4.56. The molecule has 1 aromatic heterocycles. The largest absolute Gasteiger partial charge is 0.320 e. The van der Waals surface area contributed by atoms with Crippen LogP contribution < -0.4 is 0 Å². The van der Waals surface area contributed by atoms with Crippen LogP contribution in [0.3, 0.4) is 0 Å². The van der Waals surface area contributed by atoms with Gasteiger partial charge in [0.2, 0.25) is 0 Å². The molecule has 1 aliphatic carbocycles. The van der Waals surface area contributed by atoms with E-state index in [4.69, 9.17) is 11.6 Å². The third-order valence-electron chi connectivity index (χ3n) is 6.33. The van der Waals surface area contributed by atoms with E-state index in [2.05, 4.69) is 34.8 Å². The molecule has 0 bridgehead atoms. The molecule has 0 N–H and O–H groups in total. The number of halogens is 2. The van der Waals surface area contributed by atoms with Crippen molar-refractivity contribution in [3.63, 3.8) is 0 Å². The van der Waals surface area contributed by atoms with Gasteiger partial charge in [-0.25, -0.2) is 4.39 Å². The first-order valence-electron chi connectivity index (χ1n) is 10.1. The van der Waals surface area contributed by atoms with Crippen LogP contribution in [-0.2, 0) is 13.0 Å². The Balaban J connectivity index is 1.71. The van der Waals surface area contributed by atoms with E-state index in [9.17, 15) is 4.39 Å². The third-order valence-corrected chi connectivity index (χ3v) is 6.57. The van der Waals surface area contributed by atoms with Gasteiger partial charge in [0.1, 0.15) is 5.82 Å². The van der Waals surface area contributed by atoms with Gasteiger partial charge in [-0.05, 0) is 72.8 Å². The molecule has 0 saturated heterocycles. The first-order valence-corrected chi connectivity index (χ1v) is 10.5. The maximum Gasteiger partial charge on any atom is 0.123 e. The van der Waals surface area contributed by atoms with Gasteiger partial charge in [0, 0.05) is 41.8 Å². The van der Waals surface area contributed by atoms with Crippen molar-refractivity contribution in [2.24, 2.45) is 5.92 Å². The lowest BCUT2D eigenvalue weighted by Crippen LogP contribution is -2.27. The summed E-state index contributed by atoms with van der Waals surface area (Å²) in [5, 5.41) is 2.03. The summed E-state index contributed by atoms with van der Waals surface area (Å²) < 4.78 is 15.9. The summed E-state index contributed by atoms with van der Waals surface area (Å²) >= 11 is 6.33. The average Bonchev–Trinajstić information content (AvgIpc) is 2.93. The quantitative estimate of drug-likeness (QED) is 0.512. The van der Waals surface area contributed by atoms with E-state index < -0.39 is 0 Å². The number of nitrogens with zero attached hydrogens (tertiary/aromatic N) is 2. The number of allylic oxidation sites excluding steroid dienone is 1. The minimum atomic E-state index is -0.182. The number of benzene rings is 2. The second-order valence-electron chi connectivity index (χ2n) is 8.16. The van der Waals surface area contributed by atoms with Crippen molar-refractivity contribution < 1.29 is 4.39 Å². The predicted octanol–water partition coefficient (Wildman–Crippen LogP) is 6.22. The topological polar surface area (TPSA) is 8.17 Å². The van der Waals surface area contributed by atoms with Crippen LogP contribution in [0.2, 0.25) is 5.02 Å². The second kappa shape index (κ2) is 7.06. The number of aromatic nitrogens is 1. The van der Waals surface area contributed by atoms with E-state index in [-0.39, 0.29) is 5.82 Å². The Morgan fingerprint density at radius 2 is 1.93 bits per heavy atom. The van der Waals surface area contributed by atoms with Crippen molar-refractivity contribution in [1.29, 1.82) is 0 Å². The van der Waals surface area contributed by atoms with Crippen LogP contribution in [0.25, 0.3) is 22.7 Å². The summed E-state index contributed by atoms with van der Waals surface area (Å²) in [5.41, 5.74) is 6.43. The van der Waals surface area contributed by atoms with E-state index in [1.165, 1.54) is 47.0 Å². The molecule has 2 heterocycles. The van der Waals surface area contributed by atoms with Crippen LogP contribution in [0.4, 0.5) is 4.39 Å². The van der Waals surface area contributed by atoms with Crippen molar-refractivity contribution in [1.82, 2.24) is 9.47 Å². The Morgan fingerprint density at radius 3 is 2.64 bits per heavy atom. The minimum absolute atomic E-state index is 0.182. The Kier molecular flexibility index (Phi) is 4.53. The van der Waals surface area contributed by atoms with Crippen LogP contribution in [0.15, 0.2) is 42.5 Å². The molecule has 1 fully saturated rings. The van der Waals surface area contributed by atoms with Crippen molar-refractivity contribution >= 4 is 34.3 Å². The normalized spacial score (nSPS) is 18.3. The molecule has 0 unspecified atom stereocenters. The molecular formula is C24H24ClFN2. The van der Waals surface area contributed by atoms with Crippen LogP contribution in [-0.4, -0.2) is 23.1 Å². The zero-order valence-electron chi connectivity index (χ0n) is 16.1. The number of hydrogen-bond donors (Lipinski definition) is 0. The maximum atomic E-state index is 13.5. The number of rotatable bonds is 3. The van der Waals surface area contributed by atoms with Gasteiger partial charge in [-0.1, -0.05) is 30.2 Å². The Bertz CT molecular complexity index is 1060. The fourth-order valence-corrected chi connectivity index (χ4v) is 4.74. The van der Waals surface area contributed by atoms with Crippen molar-refractivity contribution in [2.75, 3.05) is 13.6 Å². The summed E-state index contributed by atoms with van der Waals surface area (Å²) in [6, 6.07) is 13.2. The highest BCUT2D eigenvalue weighted by molar-refractivity contribution is 6.31. The summed E-state index contributed by atoms with van der Waals surface area (Å²) in [4.78, 5) is 2.36. The van der Waals surface area contributed by atoms with E-state index in [1.54, 1.807) is 12.1 Å². The SMILES string of the molecule is CN1CCc2c(c3cc(Cl)ccc3n2C=C(c2ccc(F)cc2)C2CCC2)C1. The van der Waals surface area contributed by atoms with Gasteiger partial charge in [0.05, 0.1) is 5.52 Å². The van der Waals surface area contributed by atoms with Gasteiger partial charge >= 0.3 is 0 Å². The Morgan fingerprint density at radius 1 is 1.14 bits per heavy atom. The fraction of sp³-hybridized carbons (Fsp3) is 0.333. The standard InChI is InChI=1S/C24H24ClFN2/c1-27-12-11-24-22(14-27)20-13-18(25)7-10-23(20)28(24)15-21(16-3-2-4-16)17-5-8-19(26)9-6-17/h5-10,13,15-16H,2-4,11-12,14H2,1H3. The van der Waals surface area contributed by atoms with Gasteiger partial charge in [-0.3, -0.25) is 0 Å². The van der Waals surface area contributed by atoms with Crippen molar-refractivity contribution in [3.05, 3.63) is 70.1 Å². The van der Waals surface area contributed by atoms with Crippen LogP contribution in [0.5, 0.6) is 0 Å². The van der Waals surface area contributed by atoms with Crippen LogP contribution >= 0.6 is 11.6 Å². The molecule has 144 valence electrons. The number of fused-ring (bicyclic) bond motifs is 3. The first-order chi connectivity index (χ1) is 13.6. The zero-order valence-corrected chi connectivity index (χ0v) is 16.8. The van der Waals surface area contributed by atoms with Gasteiger partial charge in [0.25, 0.3) is 0 Å². The Labute approximate surface area is 170 Å². The highest BCUT2D eigenvalue weighted by Gasteiger charge is 2.26. The molecule has 2 nitrogen and oxygen atoms in total. The Hall–Kier alpha value is -2.10. The predicted molar refractivity (Wildman–Crippen MR) is 115 cm³/mol. The molecule has 3 aromatic rings. The van der Waals surface area contributed by atoms with Crippen LogP contribution in [0, 0.1) is 11.7 Å². The smallest absolute Gasteiger partial charge is 0.123 e. The molecule has 0 radical (unpaired) electrons. The van der Waals surface area contributed by atoms with Crippen LogP contribution in [0.1, 0.15) is 36.1 Å². The summed E-state index contributed by atoms with van der Waals surface area (Å²) in [7, 11) is 2.17. The van der Waals surface area contributed by atoms with E-state index in [0.717, 1.165) is 30.1 Å². The van der Waals surface area contributed by atoms with E-state index >= 15 is 0 Å². The summed E-state index contributed by atoms with van der Waals surface area (Å²) in [6.07, 6.45) is 7.03. The van der Waals surface area contributed by atoms with Crippen molar-refractivity contribution in [3.8, 4) is 0 Å². The lowest BCUT2D eigenvalue weighted by atomic mass is 9.77. The molecule has 2 aliphatic rings. The molecule has 1 aliphatic heterocycles. The molecule has 0 amide bonds. The molecule has 4 heteroatoms. The summed E-state index contributed by atoms with van der Waals surface area (Å²) in [5.74, 6) is 0.371. The van der Waals surface area contributed by atoms with Gasteiger partial charge < -0.3 is 9.47 Å². The average molecular weight is 395 g/mol. The number of likely N-dealkylation sites (N-methyl/N-ethyl adjacent to an activating group) is 1. The monoisotopic (exact) mass is 394 g/mol. The molecular weight excluding hydrogens is 371 g/mol. The lowest BCUT2D eigenvalue weighted by Gasteiger charge is -2.29. The first kappa shape index (κ1) is 18.0.